The van der Waals surface area contributed by atoms with Crippen LogP contribution in [0.4, 0.5) is 8.78 Å². The summed E-state index contributed by atoms with van der Waals surface area (Å²) < 4.78 is 26.7. The molecule has 143 valence electrons. The molecule has 0 aliphatic carbocycles. The van der Waals surface area contributed by atoms with Crippen LogP contribution in [0.1, 0.15) is 43.2 Å². The summed E-state index contributed by atoms with van der Waals surface area (Å²) in [7, 11) is 0. The minimum absolute atomic E-state index is 0.0467. The molecule has 27 heavy (non-hydrogen) atoms. The highest BCUT2D eigenvalue weighted by Gasteiger charge is 2.27. The van der Waals surface area contributed by atoms with Gasteiger partial charge in [0.2, 0.25) is 5.91 Å². The van der Waals surface area contributed by atoms with Crippen LogP contribution in [0.2, 0.25) is 0 Å². The van der Waals surface area contributed by atoms with Crippen molar-refractivity contribution < 1.29 is 13.6 Å². The highest BCUT2D eigenvalue weighted by Crippen LogP contribution is 2.26. The molecule has 1 atom stereocenters. The summed E-state index contributed by atoms with van der Waals surface area (Å²) in [6, 6.07) is 11.8. The number of benzene rings is 2. The normalized spacial score (nSPS) is 16.3. The third-order valence-electron chi connectivity index (χ3n) is 5.05. The molecule has 1 saturated heterocycles. The molecular weight excluding hydrogens is 346 g/mol. The molecule has 0 saturated carbocycles. The Balaban J connectivity index is 1.85. The van der Waals surface area contributed by atoms with Gasteiger partial charge in [-0.1, -0.05) is 31.2 Å². The topological polar surface area (TPSA) is 32.3 Å². The fourth-order valence-electron chi connectivity index (χ4n) is 3.59. The lowest BCUT2D eigenvalue weighted by Gasteiger charge is -2.35. The molecule has 1 aliphatic heterocycles. The first-order valence-electron chi connectivity index (χ1n) is 9.45. The van der Waals surface area contributed by atoms with Crippen molar-refractivity contribution >= 4 is 5.91 Å². The third kappa shape index (κ3) is 4.92. The van der Waals surface area contributed by atoms with Crippen molar-refractivity contribution in [3.05, 3.63) is 77.7 Å². The van der Waals surface area contributed by atoms with Crippen LogP contribution >= 0.6 is 0 Å². The summed E-state index contributed by atoms with van der Waals surface area (Å²) in [5.74, 6) is -1.48. The second-order valence-corrected chi connectivity index (χ2v) is 6.87. The van der Waals surface area contributed by atoms with Crippen LogP contribution in [0.3, 0.4) is 0 Å². The Morgan fingerprint density at radius 2 is 1.44 bits per heavy atom. The lowest BCUT2D eigenvalue weighted by molar-refractivity contribution is -0.123. The molecule has 2 aromatic carbocycles. The Morgan fingerprint density at radius 3 is 1.89 bits per heavy atom. The van der Waals surface area contributed by atoms with E-state index in [0.29, 0.717) is 11.1 Å². The number of nitrogens with zero attached hydrogens (tertiary/aromatic N) is 1. The number of carbonyl (C=O) groups excluding carboxylic acids is 1. The summed E-state index contributed by atoms with van der Waals surface area (Å²) in [6.07, 6.45) is 5.06. The second-order valence-electron chi connectivity index (χ2n) is 6.87. The molecule has 1 N–H and O–H groups in total. The summed E-state index contributed by atoms with van der Waals surface area (Å²) in [6.45, 7) is 3.90. The largest absolute Gasteiger partial charge is 0.340 e. The van der Waals surface area contributed by atoms with E-state index in [4.69, 9.17) is 0 Å². The van der Waals surface area contributed by atoms with Crippen LogP contribution in [0.15, 0.2) is 48.5 Å². The van der Waals surface area contributed by atoms with Crippen molar-refractivity contribution in [1.82, 2.24) is 10.2 Å². The van der Waals surface area contributed by atoms with Crippen LogP contribution in [0, 0.1) is 18.1 Å². The maximum Gasteiger partial charge on any atom is 0.233 e. The van der Waals surface area contributed by atoms with Crippen molar-refractivity contribution in [2.24, 2.45) is 0 Å². The fourth-order valence-corrected chi connectivity index (χ4v) is 3.59. The monoisotopic (exact) mass is 371 g/mol. The van der Waals surface area contributed by atoms with Gasteiger partial charge >= 0.3 is 0 Å². The number of amides is 1. The van der Waals surface area contributed by atoms with E-state index in [1.54, 1.807) is 24.3 Å². The molecule has 0 bridgehead atoms. The van der Waals surface area contributed by atoms with Gasteiger partial charge in [-0.2, -0.15) is 0 Å². The Kier molecular flexibility index (Phi) is 6.56. The molecule has 0 aromatic heterocycles. The van der Waals surface area contributed by atoms with Crippen molar-refractivity contribution in [3.8, 4) is 0 Å². The number of carbonyl (C=O) groups is 1. The molecule has 3 rings (SSSR count). The van der Waals surface area contributed by atoms with Crippen LogP contribution in [0.5, 0.6) is 0 Å². The van der Waals surface area contributed by atoms with Gasteiger partial charge in [0.15, 0.2) is 0 Å². The van der Waals surface area contributed by atoms with Crippen molar-refractivity contribution in [3.63, 3.8) is 0 Å². The molecule has 1 aliphatic rings. The first-order chi connectivity index (χ1) is 13.1. The standard InChI is InChI=1S/C22H25F2N2O/c1-2-20(26-14-4-3-5-15-26)25-22(27)21(16-6-10-18(23)11-7-16)17-8-12-19(24)13-9-17/h3,6-13,20-21H,2,4-5,14-15H2,1H3,(H,25,27). The highest BCUT2D eigenvalue weighted by atomic mass is 19.1. The number of hydrogen-bond donors (Lipinski definition) is 1. The van der Waals surface area contributed by atoms with E-state index in [1.807, 2.05) is 6.92 Å². The number of likely N-dealkylation sites (tertiary alicyclic amines) is 1. The third-order valence-corrected chi connectivity index (χ3v) is 5.05. The van der Waals surface area contributed by atoms with E-state index in [0.717, 1.165) is 32.4 Å². The Bertz CT molecular complexity index is 694. The maximum absolute atomic E-state index is 13.4. The van der Waals surface area contributed by atoms with Crippen molar-refractivity contribution in [2.45, 2.75) is 38.3 Å². The smallest absolute Gasteiger partial charge is 0.233 e. The first kappa shape index (κ1) is 19.5. The van der Waals surface area contributed by atoms with E-state index >= 15 is 0 Å². The molecule has 1 heterocycles. The number of rotatable bonds is 6. The van der Waals surface area contributed by atoms with Crippen LogP contribution < -0.4 is 5.32 Å². The molecule has 1 radical (unpaired) electrons. The van der Waals surface area contributed by atoms with E-state index in [9.17, 15) is 13.6 Å². The van der Waals surface area contributed by atoms with Gasteiger partial charge in [-0.05, 0) is 61.1 Å². The van der Waals surface area contributed by atoms with E-state index < -0.39 is 5.92 Å². The average Bonchev–Trinajstić information content (AvgIpc) is 2.70. The number of piperidine rings is 1. The van der Waals surface area contributed by atoms with Gasteiger partial charge in [0.05, 0.1) is 12.1 Å². The van der Waals surface area contributed by atoms with E-state index in [-0.39, 0.29) is 23.7 Å². The second kappa shape index (κ2) is 9.09. The molecular formula is C22H25F2N2O. The predicted octanol–water partition coefficient (Wildman–Crippen LogP) is 4.25. The number of nitrogens with one attached hydrogen (secondary N) is 1. The summed E-state index contributed by atoms with van der Waals surface area (Å²) in [5, 5.41) is 3.15. The van der Waals surface area contributed by atoms with Crippen molar-refractivity contribution in [2.75, 3.05) is 13.1 Å². The molecule has 5 heteroatoms. The van der Waals surface area contributed by atoms with E-state index in [2.05, 4.69) is 16.6 Å². The lowest BCUT2D eigenvalue weighted by Crippen LogP contribution is -2.51. The van der Waals surface area contributed by atoms with Crippen LogP contribution in [-0.2, 0) is 4.79 Å². The SMILES string of the molecule is CCC(NC(=O)C(c1ccc(F)cc1)c1ccc(F)cc1)N1CC[CH]CC1. The summed E-state index contributed by atoms with van der Waals surface area (Å²) in [4.78, 5) is 15.5. The zero-order chi connectivity index (χ0) is 19.2. The molecule has 1 fully saturated rings. The van der Waals surface area contributed by atoms with Gasteiger partial charge in [0.1, 0.15) is 11.6 Å². The van der Waals surface area contributed by atoms with Gasteiger partial charge in [0, 0.05) is 13.1 Å². The van der Waals surface area contributed by atoms with Crippen molar-refractivity contribution in [1.29, 1.82) is 0 Å². The minimum Gasteiger partial charge on any atom is -0.340 e. The predicted molar refractivity (Wildman–Crippen MR) is 102 cm³/mol. The average molecular weight is 371 g/mol. The number of hydrogen-bond acceptors (Lipinski definition) is 2. The molecule has 1 amide bonds. The molecule has 0 spiro atoms. The van der Waals surface area contributed by atoms with Gasteiger partial charge in [-0.15, -0.1) is 0 Å². The summed E-state index contributed by atoms with van der Waals surface area (Å²) >= 11 is 0. The van der Waals surface area contributed by atoms with E-state index in [1.165, 1.54) is 24.3 Å². The Labute approximate surface area is 159 Å². The quantitative estimate of drug-likeness (QED) is 0.823. The van der Waals surface area contributed by atoms with Gasteiger partial charge in [-0.3, -0.25) is 9.69 Å². The summed E-state index contributed by atoms with van der Waals surface area (Å²) in [5.41, 5.74) is 1.37. The zero-order valence-electron chi connectivity index (χ0n) is 15.5. The van der Waals surface area contributed by atoms with Gasteiger partial charge in [-0.25, -0.2) is 8.78 Å². The van der Waals surface area contributed by atoms with Gasteiger partial charge in [0.25, 0.3) is 0 Å². The Hall–Kier alpha value is -2.27. The first-order valence-corrected chi connectivity index (χ1v) is 9.45. The Morgan fingerprint density at radius 1 is 0.963 bits per heavy atom. The zero-order valence-corrected chi connectivity index (χ0v) is 15.5. The maximum atomic E-state index is 13.4. The highest BCUT2D eigenvalue weighted by molar-refractivity contribution is 5.87. The van der Waals surface area contributed by atoms with Gasteiger partial charge < -0.3 is 5.32 Å². The van der Waals surface area contributed by atoms with Crippen LogP contribution in [-0.4, -0.2) is 30.1 Å². The fraction of sp³-hybridized carbons (Fsp3) is 0.364. The molecule has 1 unspecified atom stereocenters. The minimum atomic E-state index is -0.614. The molecule has 2 aromatic rings. The molecule has 3 nitrogen and oxygen atoms in total. The number of halogens is 2. The lowest BCUT2D eigenvalue weighted by atomic mass is 9.90. The van der Waals surface area contributed by atoms with Crippen LogP contribution in [0.25, 0.3) is 0 Å².